The van der Waals surface area contributed by atoms with Crippen molar-refractivity contribution in [2.75, 3.05) is 6.79 Å². The molecule has 110 valence electrons. The topological polar surface area (TPSA) is 79.9 Å². The van der Waals surface area contributed by atoms with E-state index in [0.717, 1.165) is 11.3 Å². The predicted molar refractivity (Wildman–Crippen MR) is 71.6 cm³/mol. The first-order valence-electron chi connectivity index (χ1n) is 6.50. The number of ether oxygens (including phenoxy) is 2. The molecule has 8 heteroatoms. The molecule has 0 aliphatic heterocycles. The van der Waals surface area contributed by atoms with E-state index in [9.17, 15) is 0 Å². The standard InChI is InChI=1S/C12H20N6O2/c1-8(2)19-7-20-10(4)18-15-12(14-16-18)11-9(3)6-13-17(11)5/h6,8,10H,7H2,1-5H3. The normalized spacial score (nSPS) is 13.1. The van der Waals surface area contributed by atoms with Crippen molar-refractivity contribution in [1.29, 1.82) is 0 Å². The average molecular weight is 280 g/mol. The minimum Gasteiger partial charge on any atom is -0.353 e. The maximum absolute atomic E-state index is 5.48. The molecule has 0 aromatic carbocycles. The lowest BCUT2D eigenvalue weighted by Gasteiger charge is -2.13. The average Bonchev–Trinajstić information content (AvgIpc) is 2.96. The van der Waals surface area contributed by atoms with E-state index in [-0.39, 0.29) is 19.1 Å². The van der Waals surface area contributed by atoms with Crippen molar-refractivity contribution in [3.05, 3.63) is 11.8 Å². The third-order valence-corrected chi connectivity index (χ3v) is 2.80. The molecule has 0 bridgehead atoms. The van der Waals surface area contributed by atoms with Crippen LogP contribution in [0.4, 0.5) is 0 Å². The van der Waals surface area contributed by atoms with Gasteiger partial charge in [-0.3, -0.25) is 4.68 Å². The smallest absolute Gasteiger partial charge is 0.223 e. The highest BCUT2D eigenvalue weighted by atomic mass is 16.7. The van der Waals surface area contributed by atoms with Crippen molar-refractivity contribution in [3.8, 4) is 11.5 Å². The van der Waals surface area contributed by atoms with Gasteiger partial charge in [-0.25, -0.2) is 0 Å². The van der Waals surface area contributed by atoms with Gasteiger partial charge in [0.1, 0.15) is 12.5 Å². The zero-order valence-corrected chi connectivity index (χ0v) is 12.4. The quantitative estimate of drug-likeness (QED) is 0.742. The molecule has 0 aliphatic rings. The molecule has 0 radical (unpaired) electrons. The molecule has 0 aliphatic carbocycles. The van der Waals surface area contributed by atoms with E-state index < -0.39 is 0 Å². The van der Waals surface area contributed by atoms with Crippen LogP contribution in [0.15, 0.2) is 6.20 Å². The predicted octanol–water partition coefficient (Wildman–Crippen LogP) is 1.30. The minimum atomic E-state index is -0.344. The van der Waals surface area contributed by atoms with Crippen molar-refractivity contribution in [2.24, 2.45) is 7.05 Å². The van der Waals surface area contributed by atoms with Crippen LogP contribution in [0.3, 0.4) is 0 Å². The summed E-state index contributed by atoms with van der Waals surface area (Å²) in [7, 11) is 1.85. The Kier molecular flexibility index (Phi) is 4.46. The zero-order chi connectivity index (χ0) is 14.7. The highest BCUT2D eigenvalue weighted by molar-refractivity contribution is 5.52. The number of aryl methyl sites for hydroxylation is 2. The van der Waals surface area contributed by atoms with Gasteiger partial charge < -0.3 is 9.47 Å². The maximum Gasteiger partial charge on any atom is 0.223 e. The molecule has 1 unspecified atom stereocenters. The summed E-state index contributed by atoms with van der Waals surface area (Å²) in [5.74, 6) is 0.530. The number of tetrazole rings is 1. The summed E-state index contributed by atoms with van der Waals surface area (Å²) >= 11 is 0. The molecule has 0 amide bonds. The Morgan fingerprint density at radius 1 is 1.25 bits per heavy atom. The number of hydrogen-bond acceptors (Lipinski definition) is 6. The summed E-state index contributed by atoms with van der Waals surface area (Å²) in [5.41, 5.74) is 1.85. The highest BCUT2D eigenvalue weighted by Gasteiger charge is 2.16. The van der Waals surface area contributed by atoms with Gasteiger partial charge in [0.15, 0.2) is 6.23 Å². The molecular weight excluding hydrogens is 260 g/mol. The summed E-state index contributed by atoms with van der Waals surface area (Å²) in [6.45, 7) is 7.89. The van der Waals surface area contributed by atoms with Crippen LogP contribution in [0.25, 0.3) is 11.5 Å². The molecule has 2 heterocycles. The lowest BCUT2D eigenvalue weighted by Crippen LogP contribution is -2.16. The van der Waals surface area contributed by atoms with Crippen LogP contribution in [0.5, 0.6) is 0 Å². The fourth-order valence-electron chi connectivity index (χ4n) is 1.68. The van der Waals surface area contributed by atoms with Gasteiger partial charge in [0.05, 0.1) is 12.3 Å². The van der Waals surface area contributed by atoms with Crippen LogP contribution in [0.1, 0.15) is 32.6 Å². The van der Waals surface area contributed by atoms with E-state index in [4.69, 9.17) is 9.47 Å². The Morgan fingerprint density at radius 3 is 2.60 bits per heavy atom. The molecule has 2 aromatic rings. The van der Waals surface area contributed by atoms with Gasteiger partial charge in [-0.1, -0.05) is 0 Å². The largest absolute Gasteiger partial charge is 0.353 e. The van der Waals surface area contributed by atoms with Gasteiger partial charge in [-0.15, -0.1) is 15.0 Å². The second kappa shape index (κ2) is 6.10. The summed E-state index contributed by atoms with van der Waals surface area (Å²) in [4.78, 5) is 1.42. The lowest BCUT2D eigenvalue weighted by molar-refractivity contribution is -0.133. The molecule has 0 spiro atoms. The molecular formula is C12H20N6O2. The Bertz CT molecular complexity index is 543. The van der Waals surface area contributed by atoms with Crippen LogP contribution in [0, 0.1) is 6.92 Å². The zero-order valence-electron chi connectivity index (χ0n) is 12.4. The van der Waals surface area contributed by atoms with E-state index in [1.54, 1.807) is 10.9 Å². The van der Waals surface area contributed by atoms with Crippen molar-refractivity contribution in [1.82, 2.24) is 30.0 Å². The molecule has 2 aromatic heterocycles. The SMILES string of the molecule is Cc1cnn(C)c1-c1nnn(C(C)OCOC(C)C)n1. The Hall–Kier alpha value is -1.80. The van der Waals surface area contributed by atoms with Crippen molar-refractivity contribution >= 4 is 0 Å². The van der Waals surface area contributed by atoms with Crippen LogP contribution in [-0.4, -0.2) is 42.9 Å². The first-order chi connectivity index (χ1) is 9.49. The van der Waals surface area contributed by atoms with Crippen LogP contribution >= 0.6 is 0 Å². The Balaban J connectivity index is 2.05. The van der Waals surface area contributed by atoms with Gasteiger partial charge >= 0.3 is 0 Å². The number of hydrogen-bond donors (Lipinski definition) is 0. The fourth-order valence-corrected chi connectivity index (χ4v) is 1.68. The number of nitrogens with zero attached hydrogens (tertiary/aromatic N) is 6. The summed E-state index contributed by atoms with van der Waals surface area (Å²) in [5, 5.41) is 16.5. The van der Waals surface area contributed by atoms with E-state index in [0.29, 0.717) is 5.82 Å². The van der Waals surface area contributed by atoms with Gasteiger partial charge in [-0.2, -0.15) is 5.10 Å². The molecule has 20 heavy (non-hydrogen) atoms. The highest BCUT2D eigenvalue weighted by Crippen LogP contribution is 2.18. The summed E-state index contributed by atoms with van der Waals surface area (Å²) in [6.07, 6.45) is 1.55. The summed E-state index contributed by atoms with van der Waals surface area (Å²) < 4.78 is 12.5. The molecule has 1 atom stereocenters. The van der Waals surface area contributed by atoms with Gasteiger partial charge in [0.2, 0.25) is 5.82 Å². The third-order valence-electron chi connectivity index (χ3n) is 2.80. The van der Waals surface area contributed by atoms with Gasteiger partial charge in [0.25, 0.3) is 0 Å². The molecule has 2 rings (SSSR count). The fraction of sp³-hybridized carbons (Fsp3) is 0.667. The second-order valence-corrected chi connectivity index (χ2v) is 4.83. The van der Waals surface area contributed by atoms with Crippen molar-refractivity contribution in [3.63, 3.8) is 0 Å². The van der Waals surface area contributed by atoms with E-state index in [1.807, 2.05) is 34.7 Å². The first-order valence-corrected chi connectivity index (χ1v) is 6.50. The maximum atomic E-state index is 5.48. The van der Waals surface area contributed by atoms with E-state index in [1.165, 1.54) is 4.80 Å². The van der Waals surface area contributed by atoms with Crippen molar-refractivity contribution in [2.45, 2.75) is 40.0 Å². The Labute approximate surface area is 117 Å². The van der Waals surface area contributed by atoms with Crippen LogP contribution < -0.4 is 0 Å². The Morgan fingerprint density at radius 2 is 2.00 bits per heavy atom. The monoisotopic (exact) mass is 280 g/mol. The molecule has 0 saturated heterocycles. The number of aromatic nitrogens is 6. The summed E-state index contributed by atoms with van der Waals surface area (Å²) in [6, 6.07) is 0. The first kappa shape index (κ1) is 14.6. The van der Waals surface area contributed by atoms with Gasteiger partial charge in [0, 0.05) is 7.05 Å². The third kappa shape index (κ3) is 3.20. The second-order valence-electron chi connectivity index (χ2n) is 4.83. The molecule has 8 nitrogen and oxygen atoms in total. The van der Waals surface area contributed by atoms with Crippen LogP contribution in [0.2, 0.25) is 0 Å². The molecule has 0 saturated carbocycles. The number of rotatable bonds is 6. The van der Waals surface area contributed by atoms with Crippen molar-refractivity contribution < 1.29 is 9.47 Å². The van der Waals surface area contributed by atoms with Crippen LogP contribution in [-0.2, 0) is 16.5 Å². The molecule has 0 N–H and O–H groups in total. The lowest BCUT2D eigenvalue weighted by atomic mass is 10.3. The van der Waals surface area contributed by atoms with E-state index >= 15 is 0 Å². The minimum absolute atomic E-state index is 0.124. The molecule has 0 fully saturated rings. The van der Waals surface area contributed by atoms with Gasteiger partial charge in [-0.05, 0) is 38.5 Å². The van der Waals surface area contributed by atoms with E-state index in [2.05, 4.69) is 20.5 Å².